The van der Waals surface area contributed by atoms with Gasteiger partial charge in [0.2, 0.25) is 10.0 Å². The Morgan fingerprint density at radius 1 is 1.30 bits per heavy atom. The van der Waals surface area contributed by atoms with Crippen LogP contribution in [-0.4, -0.2) is 45.2 Å². The summed E-state index contributed by atoms with van der Waals surface area (Å²) in [5, 5.41) is 3.58. The van der Waals surface area contributed by atoms with E-state index < -0.39 is 10.0 Å². The molecule has 1 unspecified atom stereocenters. The van der Waals surface area contributed by atoms with Gasteiger partial charge < -0.3 is 5.32 Å². The van der Waals surface area contributed by atoms with Crippen LogP contribution in [-0.2, 0) is 10.0 Å². The zero-order valence-corrected chi connectivity index (χ0v) is 13.8. The Kier molecular flexibility index (Phi) is 5.49. The minimum Gasteiger partial charge on any atom is -0.316 e. The minimum atomic E-state index is -3.01. The van der Waals surface area contributed by atoms with Gasteiger partial charge in [0.1, 0.15) is 0 Å². The minimum absolute atomic E-state index is 0.459. The first-order valence-corrected chi connectivity index (χ1v) is 9.96. The highest BCUT2D eigenvalue weighted by molar-refractivity contribution is 7.88. The van der Waals surface area contributed by atoms with Crippen molar-refractivity contribution in [2.45, 2.75) is 51.9 Å². The third kappa shape index (κ3) is 4.18. The highest BCUT2D eigenvalue weighted by Crippen LogP contribution is 2.46. The van der Waals surface area contributed by atoms with Gasteiger partial charge in [0.05, 0.1) is 6.26 Å². The molecule has 2 rings (SSSR count). The molecule has 1 aliphatic heterocycles. The van der Waals surface area contributed by atoms with E-state index in [4.69, 9.17) is 0 Å². The summed E-state index contributed by atoms with van der Waals surface area (Å²) in [5.41, 5.74) is 0.459. The molecule has 1 aliphatic carbocycles. The topological polar surface area (TPSA) is 49.4 Å². The summed E-state index contributed by atoms with van der Waals surface area (Å²) >= 11 is 0. The zero-order chi connectivity index (χ0) is 14.6. The van der Waals surface area contributed by atoms with E-state index in [1.54, 1.807) is 4.31 Å². The Morgan fingerprint density at radius 3 is 2.60 bits per heavy atom. The molecule has 0 aromatic rings. The van der Waals surface area contributed by atoms with Gasteiger partial charge in [-0.15, -0.1) is 0 Å². The molecule has 4 nitrogen and oxygen atoms in total. The highest BCUT2D eigenvalue weighted by atomic mass is 32.2. The molecule has 1 saturated carbocycles. The van der Waals surface area contributed by atoms with Crippen LogP contribution in [0.15, 0.2) is 0 Å². The normalized spacial score (nSPS) is 27.2. The largest absolute Gasteiger partial charge is 0.316 e. The van der Waals surface area contributed by atoms with Crippen LogP contribution in [0.5, 0.6) is 0 Å². The second kappa shape index (κ2) is 6.75. The fourth-order valence-corrected chi connectivity index (χ4v) is 4.71. The molecule has 0 bridgehead atoms. The lowest BCUT2D eigenvalue weighted by Gasteiger charge is -2.46. The Hall–Kier alpha value is -0.130. The Morgan fingerprint density at radius 2 is 2.05 bits per heavy atom. The molecule has 0 amide bonds. The smallest absolute Gasteiger partial charge is 0.211 e. The molecule has 0 aromatic carbocycles. The molecule has 0 radical (unpaired) electrons. The van der Waals surface area contributed by atoms with Gasteiger partial charge in [0.25, 0.3) is 0 Å². The predicted octanol–water partition coefficient (Wildman–Crippen LogP) is 2.22. The molecular formula is C15H30N2O2S. The van der Waals surface area contributed by atoms with Gasteiger partial charge in [0, 0.05) is 19.6 Å². The van der Waals surface area contributed by atoms with E-state index >= 15 is 0 Å². The van der Waals surface area contributed by atoms with E-state index in [0.29, 0.717) is 11.3 Å². The van der Waals surface area contributed by atoms with Gasteiger partial charge in [-0.25, -0.2) is 12.7 Å². The number of piperidine rings is 1. The van der Waals surface area contributed by atoms with Gasteiger partial charge in [-0.3, -0.25) is 0 Å². The number of sulfonamides is 1. The second-order valence-electron chi connectivity index (χ2n) is 6.86. The van der Waals surface area contributed by atoms with Crippen molar-refractivity contribution in [1.82, 2.24) is 9.62 Å². The number of rotatable bonds is 7. The molecular weight excluding hydrogens is 272 g/mol. The van der Waals surface area contributed by atoms with E-state index in [-0.39, 0.29) is 0 Å². The first kappa shape index (κ1) is 16.2. The summed E-state index contributed by atoms with van der Waals surface area (Å²) in [5.74, 6) is 0.558. The van der Waals surface area contributed by atoms with Crippen molar-refractivity contribution in [2.75, 3.05) is 32.4 Å². The van der Waals surface area contributed by atoms with Crippen molar-refractivity contribution in [3.8, 4) is 0 Å². The van der Waals surface area contributed by atoms with Gasteiger partial charge in [-0.2, -0.15) is 0 Å². The van der Waals surface area contributed by atoms with Gasteiger partial charge in [-0.05, 0) is 56.4 Å². The molecule has 1 N–H and O–H groups in total. The quantitative estimate of drug-likeness (QED) is 0.734. The fraction of sp³-hybridized carbons (Fsp3) is 1.00. The van der Waals surface area contributed by atoms with Crippen LogP contribution in [0, 0.1) is 11.3 Å². The summed E-state index contributed by atoms with van der Waals surface area (Å²) in [6.45, 7) is 5.88. The first-order chi connectivity index (χ1) is 9.45. The maximum atomic E-state index is 11.7. The van der Waals surface area contributed by atoms with Crippen LogP contribution < -0.4 is 5.32 Å². The number of hydrogen-bond acceptors (Lipinski definition) is 3. The zero-order valence-electron chi connectivity index (χ0n) is 13.0. The van der Waals surface area contributed by atoms with E-state index in [9.17, 15) is 8.42 Å². The molecule has 1 saturated heterocycles. The third-order valence-electron chi connectivity index (χ3n) is 5.01. The third-order valence-corrected chi connectivity index (χ3v) is 6.28. The second-order valence-corrected chi connectivity index (χ2v) is 8.85. The molecule has 5 heteroatoms. The summed E-state index contributed by atoms with van der Waals surface area (Å²) in [6.07, 6.45) is 9.93. The molecule has 2 aliphatic rings. The highest BCUT2D eigenvalue weighted by Gasteiger charge is 2.39. The molecule has 0 spiro atoms. The molecule has 20 heavy (non-hydrogen) atoms. The van der Waals surface area contributed by atoms with Crippen molar-refractivity contribution >= 4 is 10.0 Å². The average Bonchev–Trinajstić information content (AvgIpc) is 2.35. The summed E-state index contributed by atoms with van der Waals surface area (Å²) in [4.78, 5) is 0. The monoisotopic (exact) mass is 302 g/mol. The molecule has 2 fully saturated rings. The van der Waals surface area contributed by atoms with Gasteiger partial charge >= 0.3 is 0 Å². The fourth-order valence-electron chi connectivity index (χ4n) is 3.77. The summed E-state index contributed by atoms with van der Waals surface area (Å²) in [6, 6.07) is 0. The van der Waals surface area contributed by atoms with Crippen molar-refractivity contribution in [2.24, 2.45) is 11.3 Å². The standard InChI is InChI=1S/C15H30N2O2S/c1-3-9-16-13-15(7-5-8-15)11-14-6-4-10-17(12-14)20(2,18)19/h14,16H,3-13H2,1-2H3. The van der Waals surface area contributed by atoms with E-state index in [0.717, 1.165) is 32.6 Å². The SMILES string of the molecule is CCCNCC1(CC2CCCN(S(C)(=O)=O)C2)CCC1. The van der Waals surface area contributed by atoms with Gasteiger partial charge in [-0.1, -0.05) is 13.3 Å². The van der Waals surface area contributed by atoms with Gasteiger partial charge in [0.15, 0.2) is 0 Å². The Bertz CT molecular complexity index is 404. The number of nitrogens with zero attached hydrogens (tertiary/aromatic N) is 1. The summed E-state index contributed by atoms with van der Waals surface area (Å²) in [7, 11) is -3.01. The lowest BCUT2D eigenvalue weighted by molar-refractivity contribution is 0.0749. The van der Waals surface area contributed by atoms with Crippen LogP contribution in [0.2, 0.25) is 0 Å². The van der Waals surface area contributed by atoms with Crippen molar-refractivity contribution in [3.63, 3.8) is 0 Å². The van der Waals surface area contributed by atoms with Crippen LogP contribution in [0.4, 0.5) is 0 Å². The predicted molar refractivity (Wildman–Crippen MR) is 83.2 cm³/mol. The molecule has 1 heterocycles. The van der Waals surface area contributed by atoms with E-state index in [1.165, 1.54) is 44.8 Å². The molecule has 1 atom stereocenters. The van der Waals surface area contributed by atoms with Crippen LogP contribution in [0.25, 0.3) is 0 Å². The van der Waals surface area contributed by atoms with Crippen molar-refractivity contribution < 1.29 is 8.42 Å². The maximum Gasteiger partial charge on any atom is 0.211 e. The average molecular weight is 302 g/mol. The van der Waals surface area contributed by atoms with Crippen molar-refractivity contribution in [3.05, 3.63) is 0 Å². The summed E-state index contributed by atoms with van der Waals surface area (Å²) < 4.78 is 25.1. The van der Waals surface area contributed by atoms with E-state index in [1.807, 2.05) is 0 Å². The van der Waals surface area contributed by atoms with Crippen LogP contribution >= 0.6 is 0 Å². The first-order valence-electron chi connectivity index (χ1n) is 8.11. The molecule has 118 valence electrons. The van der Waals surface area contributed by atoms with Crippen molar-refractivity contribution in [1.29, 1.82) is 0 Å². The Balaban J connectivity index is 1.87. The Labute approximate surface area is 124 Å². The lowest BCUT2D eigenvalue weighted by atomic mass is 9.63. The lowest BCUT2D eigenvalue weighted by Crippen LogP contribution is -2.45. The number of hydrogen-bond donors (Lipinski definition) is 1. The van der Waals surface area contributed by atoms with Crippen LogP contribution in [0.3, 0.4) is 0 Å². The van der Waals surface area contributed by atoms with E-state index in [2.05, 4.69) is 12.2 Å². The van der Waals surface area contributed by atoms with Crippen LogP contribution in [0.1, 0.15) is 51.9 Å². The molecule has 0 aromatic heterocycles. The maximum absolute atomic E-state index is 11.7. The number of nitrogens with one attached hydrogen (secondary N) is 1.